The van der Waals surface area contributed by atoms with Crippen LogP contribution in [0.2, 0.25) is 0 Å². The van der Waals surface area contributed by atoms with Gasteiger partial charge in [-0.3, -0.25) is 9.59 Å². The number of aryl methyl sites for hydroxylation is 2. The lowest BCUT2D eigenvalue weighted by molar-refractivity contribution is 0.0977. The highest BCUT2D eigenvalue weighted by Gasteiger charge is 2.36. The van der Waals surface area contributed by atoms with Gasteiger partial charge in [0.1, 0.15) is 11.5 Å². The van der Waals surface area contributed by atoms with Crippen LogP contribution in [0.4, 0.5) is 0 Å². The van der Waals surface area contributed by atoms with Gasteiger partial charge in [-0.1, -0.05) is 61.5 Å². The second-order valence-electron chi connectivity index (χ2n) is 9.51. The minimum atomic E-state index is -0.476. The maximum Gasteiger partial charge on any atom is 0.194 e. The number of Topliss-reactive ketones (excluding diaryl/α,β-unsaturated/α-hetero) is 1. The van der Waals surface area contributed by atoms with Crippen molar-refractivity contribution in [3.8, 4) is 11.5 Å². The van der Waals surface area contributed by atoms with Crippen molar-refractivity contribution in [2.75, 3.05) is 0 Å². The standard InChI is InChI=1S/C32H32O4S2/c1-5-20-11-13-22(14-12-20)37-27(15-10-19(3)4)24-17-25(33)30-29(31(24)35)26(34)18-28(32(30)36)38-23-9-7-8-21(6-2)16-23/h7-14,16-18,27,34,36H,5-6,15H2,1-4H3. The first-order valence-electron chi connectivity index (χ1n) is 12.8. The molecule has 0 bridgehead atoms. The van der Waals surface area contributed by atoms with Crippen LogP contribution < -0.4 is 0 Å². The average Bonchev–Trinajstić information content (AvgIpc) is 2.91. The molecule has 1 aliphatic carbocycles. The molecule has 0 spiro atoms. The summed E-state index contributed by atoms with van der Waals surface area (Å²) < 4.78 is 0. The molecule has 4 nitrogen and oxygen atoms in total. The molecule has 0 saturated carbocycles. The zero-order valence-electron chi connectivity index (χ0n) is 22.1. The number of benzene rings is 3. The summed E-state index contributed by atoms with van der Waals surface area (Å²) in [5.41, 5.74) is 3.55. The number of allylic oxidation sites excluding steroid dienone is 3. The number of rotatable bonds is 9. The van der Waals surface area contributed by atoms with E-state index in [1.165, 1.54) is 41.2 Å². The van der Waals surface area contributed by atoms with E-state index in [2.05, 4.69) is 26.0 Å². The Balaban J connectivity index is 1.71. The fourth-order valence-corrected chi connectivity index (χ4v) is 6.45. The van der Waals surface area contributed by atoms with Gasteiger partial charge in [-0.05, 0) is 80.6 Å². The SMILES string of the molecule is CCc1ccc(SC(CC=C(C)C)C2=CC(=O)c3c(O)c(Sc4cccc(CC)c4)cc(O)c3C2=O)cc1. The number of aromatic hydroxyl groups is 2. The predicted molar refractivity (Wildman–Crippen MR) is 156 cm³/mol. The molecule has 0 amide bonds. The summed E-state index contributed by atoms with van der Waals surface area (Å²) in [6.07, 6.45) is 5.75. The summed E-state index contributed by atoms with van der Waals surface area (Å²) in [5.74, 6) is -1.48. The first-order chi connectivity index (χ1) is 18.2. The molecule has 196 valence electrons. The van der Waals surface area contributed by atoms with E-state index in [9.17, 15) is 19.8 Å². The monoisotopic (exact) mass is 544 g/mol. The Kier molecular flexibility index (Phi) is 8.85. The molecule has 1 atom stereocenters. The van der Waals surface area contributed by atoms with Gasteiger partial charge in [0.05, 0.1) is 16.0 Å². The number of hydrogen-bond acceptors (Lipinski definition) is 6. The minimum absolute atomic E-state index is 0.124. The molecule has 0 heterocycles. The molecule has 0 aromatic heterocycles. The van der Waals surface area contributed by atoms with Crippen molar-refractivity contribution in [1.82, 2.24) is 0 Å². The van der Waals surface area contributed by atoms with Gasteiger partial charge in [-0.25, -0.2) is 0 Å². The topological polar surface area (TPSA) is 74.6 Å². The molecule has 2 N–H and O–H groups in total. The smallest absolute Gasteiger partial charge is 0.194 e. The van der Waals surface area contributed by atoms with Crippen LogP contribution in [0.1, 0.15) is 66.0 Å². The molecular weight excluding hydrogens is 512 g/mol. The predicted octanol–water partition coefficient (Wildman–Crippen LogP) is 8.20. The first kappa shape index (κ1) is 27.8. The van der Waals surface area contributed by atoms with E-state index in [0.29, 0.717) is 16.9 Å². The Morgan fingerprint density at radius 2 is 1.61 bits per heavy atom. The van der Waals surface area contributed by atoms with Crippen molar-refractivity contribution in [2.24, 2.45) is 0 Å². The summed E-state index contributed by atoms with van der Waals surface area (Å²) in [6.45, 7) is 8.15. The van der Waals surface area contributed by atoms with Crippen LogP contribution in [0.25, 0.3) is 0 Å². The molecule has 38 heavy (non-hydrogen) atoms. The van der Waals surface area contributed by atoms with E-state index in [1.54, 1.807) is 0 Å². The highest BCUT2D eigenvalue weighted by atomic mass is 32.2. The molecule has 1 unspecified atom stereocenters. The highest BCUT2D eigenvalue weighted by Crippen LogP contribution is 2.45. The molecule has 3 aromatic carbocycles. The van der Waals surface area contributed by atoms with Gasteiger partial charge in [0.2, 0.25) is 0 Å². The summed E-state index contributed by atoms with van der Waals surface area (Å²) in [6, 6.07) is 17.4. The largest absolute Gasteiger partial charge is 0.507 e. The Hall–Kier alpha value is -3.22. The van der Waals surface area contributed by atoms with E-state index in [1.807, 2.05) is 56.3 Å². The Bertz CT molecular complexity index is 1430. The molecular formula is C32H32O4S2. The lowest BCUT2D eigenvalue weighted by Crippen LogP contribution is -2.24. The lowest BCUT2D eigenvalue weighted by atomic mass is 9.86. The molecule has 1 aliphatic rings. The van der Waals surface area contributed by atoms with E-state index in [4.69, 9.17) is 0 Å². The van der Waals surface area contributed by atoms with Crippen LogP contribution in [-0.4, -0.2) is 27.0 Å². The number of fused-ring (bicyclic) bond motifs is 1. The summed E-state index contributed by atoms with van der Waals surface area (Å²) in [7, 11) is 0. The van der Waals surface area contributed by atoms with Gasteiger partial charge >= 0.3 is 0 Å². The fourth-order valence-electron chi connectivity index (χ4n) is 4.35. The van der Waals surface area contributed by atoms with Crippen molar-refractivity contribution in [3.05, 3.63) is 100 Å². The third-order valence-corrected chi connectivity index (χ3v) is 8.79. The van der Waals surface area contributed by atoms with Gasteiger partial charge < -0.3 is 10.2 Å². The van der Waals surface area contributed by atoms with Crippen molar-refractivity contribution in [3.63, 3.8) is 0 Å². The first-order valence-corrected chi connectivity index (χ1v) is 14.5. The van der Waals surface area contributed by atoms with E-state index >= 15 is 0 Å². The van der Waals surface area contributed by atoms with Crippen LogP contribution in [0, 0.1) is 0 Å². The van der Waals surface area contributed by atoms with Crippen LogP contribution in [0.3, 0.4) is 0 Å². The molecule has 0 radical (unpaired) electrons. The molecule has 0 aliphatic heterocycles. The van der Waals surface area contributed by atoms with Crippen molar-refractivity contribution in [2.45, 2.75) is 66.9 Å². The van der Waals surface area contributed by atoms with Gasteiger partial charge in [-0.15, -0.1) is 11.8 Å². The lowest BCUT2D eigenvalue weighted by Gasteiger charge is -2.24. The van der Waals surface area contributed by atoms with Gasteiger partial charge in [0.25, 0.3) is 0 Å². The molecule has 0 fully saturated rings. The molecule has 3 aromatic rings. The number of carbonyl (C=O) groups excluding carboxylic acids is 2. The second-order valence-corrected chi connectivity index (χ2v) is 11.9. The number of phenols is 2. The van der Waals surface area contributed by atoms with Crippen LogP contribution in [-0.2, 0) is 12.8 Å². The quantitative estimate of drug-likeness (QED) is 0.161. The zero-order valence-corrected chi connectivity index (χ0v) is 23.7. The van der Waals surface area contributed by atoms with Crippen LogP contribution in [0.15, 0.2) is 92.6 Å². The maximum absolute atomic E-state index is 13.7. The number of thioether (sulfide) groups is 1. The Labute approximate surface area is 232 Å². The van der Waals surface area contributed by atoms with Crippen molar-refractivity contribution in [1.29, 1.82) is 0 Å². The average molecular weight is 545 g/mol. The number of phenolic OH excluding ortho intramolecular Hbond substituents is 2. The number of carbonyl (C=O) groups is 2. The normalized spacial score (nSPS) is 13.6. The second kappa shape index (κ2) is 12.1. The van der Waals surface area contributed by atoms with Crippen molar-refractivity contribution >= 4 is 35.1 Å². The number of ketones is 2. The van der Waals surface area contributed by atoms with Crippen LogP contribution in [0.5, 0.6) is 11.5 Å². The van der Waals surface area contributed by atoms with E-state index in [0.717, 1.165) is 33.8 Å². The van der Waals surface area contributed by atoms with Gasteiger partial charge in [-0.2, -0.15) is 0 Å². The van der Waals surface area contributed by atoms with E-state index in [-0.39, 0.29) is 27.9 Å². The molecule has 0 saturated heterocycles. The Morgan fingerprint density at radius 3 is 2.26 bits per heavy atom. The third-order valence-electron chi connectivity index (χ3n) is 6.50. The minimum Gasteiger partial charge on any atom is -0.507 e. The zero-order chi connectivity index (χ0) is 27.4. The number of hydrogen-bond donors (Lipinski definition) is 2. The summed E-state index contributed by atoms with van der Waals surface area (Å²) in [5, 5.41) is 21.7. The van der Waals surface area contributed by atoms with Gasteiger partial charge in [0.15, 0.2) is 11.6 Å². The fraction of sp³-hybridized carbons (Fsp3) is 0.250. The molecule has 6 heteroatoms. The summed E-state index contributed by atoms with van der Waals surface area (Å²) in [4.78, 5) is 29.3. The third kappa shape index (κ3) is 6.08. The van der Waals surface area contributed by atoms with Gasteiger partial charge in [0, 0.05) is 20.6 Å². The van der Waals surface area contributed by atoms with Crippen molar-refractivity contribution < 1.29 is 19.8 Å². The maximum atomic E-state index is 13.7. The Morgan fingerprint density at radius 1 is 0.895 bits per heavy atom. The summed E-state index contributed by atoms with van der Waals surface area (Å²) >= 11 is 2.77. The molecule has 4 rings (SSSR count). The van der Waals surface area contributed by atoms with Crippen LogP contribution >= 0.6 is 23.5 Å². The highest BCUT2D eigenvalue weighted by molar-refractivity contribution is 8.00. The van der Waals surface area contributed by atoms with E-state index < -0.39 is 11.6 Å².